The van der Waals surface area contributed by atoms with Gasteiger partial charge in [-0.1, -0.05) is 41.5 Å². The summed E-state index contributed by atoms with van der Waals surface area (Å²) < 4.78 is 31.7. The molecule has 3 N–H and O–H groups in total. The summed E-state index contributed by atoms with van der Waals surface area (Å²) in [6.07, 6.45) is -2.12. The molecule has 314 valence electrons. The first kappa shape index (κ1) is 46.6. The van der Waals surface area contributed by atoms with E-state index in [0.29, 0.717) is 11.1 Å². The minimum Gasteiger partial charge on any atom is -0.479 e. The van der Waals surface area contributed by atoms with E-state index >= 15 is 0 Å². The van der Waals surface area contributed by atoms with Crippen molar-refractivity contribution >= 4 is 34.5 Å². The number of aliphatic carboxylic acids is 1. The van der Waals surface area contributed by atoms with E-state index in [9.17, 15) is 38.7 Å². The van der Waals surface area contributed by atoms with Crippen LogP contribution in [0.5, 0.6) is 0 Å². The van der Waals surface area contributed by atoms with Gasteiger partial charge in [-0.3, -0.25) is 33.5 Å². The number of esters is 2. The van der Waals surface area contributed by atoms with E-state index in [1.807, 2.05) is 26.2 Å². The first-order valence-corrected chi connectivity index (χ1v) is 24.4. The molecule has 2 aliphatic rings. The van der Waals surface area contributed by atoms with Crippen LogP contribution in [0.25, 0.3) is 0 Å². The lowest BCUT2D eigenvalue weighted by molar-refractivity contribution is -0.176. The van der Waals surface area contributed by atoms with Crippen LogP contribution in [-0.2, 0) is 37.4 Å². The van der Waals surface area contributed by atoms with Crippen LogP contribution in [-0.4, -0.2) is 83.2 Å². The van der Waals surface area contributed by atoms with Gasteiger partial charge in [-0.2, -0.15) is 0 Å². The minimum atomic E-state index is -2.32. The van der Waals surface area contributed by atoms with Gasteiger partial charge in [0.2, 0.25) is 0 Å². The number of nitrogens with zero attached hydrogens (tertiary/aromatic N) is 2. The molecule has 17 nitrogen and oxygen atoms in total. The van der Waals surface area contributed by atoms with Crippen molar-refractivity contribution in [2.75, 3.05) is 0 Å². The Morgan fingerprint density at radius 3 is 1.39 bits per heavy atom. The van der Waals surface area contributed by atoms with Gasteiger partial charge in [0.25, 0.3) is 11.1 Å². The Kier molecular flexibility index (Phi) is 13.8. The molecule has 4 heterocycles. The zero-order valence-corrected chi connectivity index (χ0v) is 37.3. The van der Waals surface area contributed by atoms with Crippen LogP contribution < -0.4 is 22.5 Å². The molecule has 4 rings (SSSR count). The first-order chi connectivity index (χ1) is 25.3. The van der Waals surface area contributed by atoms with Crippen LogP contribution in [0, 0.1) is 19.3 Å². The lowest BCUT2D eigenvalue weighted by Crippen LogP contribution is -2.48. The Morgan fingerprint density at radius 2 is 1.05 bits per heavy atom. The second-order valence-corrected chi connectivity index (χ2v) is 28.1. The predicted molar refractivity (Wildman–Crippen MR) is 212 cm³/mol. The van der Waals surface area contributed by atoms with Gasteiger partial charge in [0, 0.05) is 36.4 Å². The van der Waals surface area contributed by atoms with E-state index < -0.39 is 99.3 Å². The number of hydrogen-bond donors (Lipinski definition) is 3. The van der Waals surface area contributed by atoms with Gasteiger partial charge in [-0.15, -0.1) is 0 Å². The van der Waals surface area contributed by atoms with Gasteiger partial charge in [-0.25, -0.2) is 19.2 Å². The molecule has 0 saturated carbocycles. The van der Waals surface area contributed by atoms with Crippen molar-refractivity contribution in [3.8, 4) is 0 Å². The maximum Gasteiger partial charge on any atom is 0.345 e. The summed E-state index contributed by atoms with van der Waals surface area (Å²) in [5.41, 5.74) is -2.41. The highest BCUT2D eigenvalue weighted by molar-refractivity contribution is 6.74. The molecule has 0 bridgehead atoms. The van der Waals surface area contributed by atoms with E-state index in [2.05, 4.69) is 51.5 Å². The Bertz CT molecular complexity index is 2030. The van der Waals surface area contributed by atoms with Gasteiger partial charge >= 0.3 is 29.3 Å². The van der Waals surface area contributed by atoms with Crippen molar-refractivity contribution in [3.63, 3.8) is 0 Å². The van der Waals surface area contributed by atoms with Crippen LogP contribution in [0.15, 0.2) is 31.6 Å². The van der Waals surface area contributed by atoms with Crippen LogP contribution in [0.1, 0.15) is 98.7 Å². The van der Waals surface area contributed by atoms with E-state index in [-0.39, 0.29) is 22.9 Å². The quantitative estimate of drug-likeness (QED) is 0.193. The molecular formula is C37H60N4O13Si2. The highest BCUT2D eigenvalue weighted by Crippen LogP contribution is 2.42. The van der Waals surface area contributed by atoms with Gasteiger partial charge in [0.05, 0.1) is 17.6 Å². The molecule has 2 fully saturated rings. The number of nitrogens with one attached hydrogen (secondary N) is 2. The lowest BCUT2D eigenvalue weighted by Gasteiger charge is -2.39. The summed E-state index contributed by atoms with van der Waals surface area (Å²) in [6, 6.07) is 0. The van der Waals surface area contributed by atoms with Crippen LogP contribution >= 0.6 is 0 Å². The monoisotopic (exact) mass is 824 g/mol. The fourth-order valence-electron chi connectivity index (χ4n) is 5.29. The fourth-order valence-corrected chi connectivity index (χ4v) is 7.95. The maximum atomic E-state index is 12.9. The second-order valence-electron chi connectivity index (χ2n) is 18.6. The molecule has 4 unspecified atom stereocenters. The van der Waals surface area contributed by atoms with Gasteiger partial charge in [0.1, 0.15) is 12.5 Å². The van der Waals surface area contributed by atoms with Gasteiger partial charge in [0.15, 0.2) is 28.8 Å². The Labute approximate surface area is 328 Å². The Morgan fingerprint density at radius 1 is 0.696 bits per heavy atom. The number of H-pyrrole nitrogens is 2. The molecule has 6 atom stereocenters. The minimum absolute atomic E-state index is 0.0838. The highest BCUT2D eigenvalue weighted by atomic mass is 28.4. The van der Waals surface area contributed by atoms with Crippen molar-refractivity contribution in [1.82, 2.24) is 19.1 Å². The number of carboxylic acid groups (broad SMARTS) is 1. The standard InChI is InChI=1S/C21H34N2O7Si.C16H26N2O6Si/c1-12-11-23(19(27)22-16(12)24)14-10-13(30-31(8,9)21(5,6)7)15(28-14)17(25)29-18(26)20(2,3)4;1-9-8-18(15(22)17-13(9)19)11-7-10(12(23-11)14(20)21)24-25(5,6)16(2,3)4/h11,13-15H,10H2,1-9H3,(H,22,24,27);8,10-12H,7H2,1-6H3,(H,20,21)(H,17,19,22)/t;10?,11-,12+/m.1/s1. The van der Waals surface area contributed by atoms with E-state index in [1.54, 1.807) is 34.6 Å². The number of aromatic nitrogens is 4. The number of ether oxygens (including phenoxy) is 3. The highest BCUT2D eigenvalue weighted by Gasteiger charge is 2.50. The largest absolute Gasteiger partial charge is 0.479 e. The molecular weight excluding hydrogens is 765 g/mol. The smallest absolute Gasteiger partial charge is 0.345 e. The Balaban J connectivity index is 0.000000307. The third-order valence-corrected chi connectivity index (χ3v) is 19.9. The summed E-state index contributed by atoms with van der Waals surface area (Å²) in [4.78, 5) is 88.8. The van der Waals surface area contributed by atoms with Crippen LogP contribution in [0.2, 0.25) is 36.3 Å². The van der Waals surface area contributed by atoms with Crippen molar-refractivity contribution in [2.45, 2.75) is 162 Å². The topological polar surface area (TPSA) is 227 Å². The molecule has 2 saturated heterocycles. The molecule has 0 aromatic carbocycles. The molecule has 2 aromatic heterocycles. The number of aryl methyl sites for hydroxylation is 2. The van der Waals surface area contributed by atoms with E-state index in [1.165, 1.54) is 21.5 Å². The fraction of sp³-hybridized carbons (Fsp3) is 0.703. The zero-order chi connectivity index (χ0) is 43.1. The number of carbonyl (C=O) groups is 3. The summed E-state index contributed by atoms with van der Waals surface area (Å²) in [5.74, 6) is -2.64. The number of aromatic amines is 2. The van der Waals surface area contributed by atoms with Crippen LogP contribution in [0.4, 0.5) is 0 Å². The molecule has 0 spiro atoms. The first-order valence-electron chi connectivity index (χ1n) is 18.6. The maximum absolute atomic E-state index is 12.9. The third-order valence-electron chi connectivity index (χ3n) is 10.8. The van der Waals surface area contributed by atoms with Crippen molar-refractivity contribution in [1.29, 1.82) is 0 Å². The zero-order valence-electron chi connectivity index (χ0n) is 35.3. The van der Waals surface area contributed by atoms with E-state index in [0.717, 1.165) is 0 Å². The SMILES string of the molecule is Cc1cn(C2CC(O[Si](C)(C)C(C)(C)C)C(C(=O)OC(=O)C(C)(C)C)O2)c(=O)[nH]c1=O.Cc1cn([C@H]2CC(O[Si](C)(C)C(C)(C)C)[C@@H](C(=O)O)O2)c(=O)[nH]c1=O. The molecule has 56 heavy (non-hydrogen) atoms. The van der Waals surface area contributed by atoms with Crippen molar-refractivity contribution in [2.24, 2.45) is 5.41 Å². The molecule has 2 aliphatic heterocycles. The van der Waals surface area contributed by atoms with Gasteiger partial charge in [-0.05, 0) is 70.9 Å². The molecule has 0 amide bonds. The normalized spacial score (nSPS) is 23.3. The summed E-state index contributed by atoms with van der Waals surface area (Å²) >= 11 is 0. The molecule has 0 aliphatic carbocycles. The van der Waals surface area contributed by atoms with Crippen molar-refractivity contribution < 1.29 is 42.6 Å². The summed E-state index contributed by atoms with van der Waals surface area (Å²) in [5, 5.41) is 9.26. The number of hydrogen-bond acceptors (Lipinski definition) is 12. The van der Waals surface area contributed by atoms with E-state index in [4.69, 9.17) is 23.1 Å². The molecule has 0 radical (unpaired) electrons. The second kappa shape index (κ2) is 16.6. The average molecular weight is 825 g/mol. The summed E-state index contributed by atoms with van der Waals surface area (Å²) in [6.45, 7) is 28.6. The Hall–Kier alpha value is -3.76. The van der Waals surface area contributed by atoms with Gasteiger partial charge < -0.3 is 28.2 Å². The molecule has 2 aromatic rings. The number of rotatable bonds is 8. The third kappa shape index (κ3) is 10.8. The average Bonchev–Trinajstić information content (AvgIpc) is 3.63. The number of carbonyl (C=O) groups excluding carboxylic acids is 2. The molecule has 19 heteroatoms. The predicted octanol–water partition coefficient (Wildman–Crippen LogP) is 4.25. The van der Waals surface area contributed by atoms with Crippen LogP contribution in [0.3, 0.4) is 0 Å². The summed E-state index contributed by atoms with van der Waals surface area (Å²) in [7, 11) is -4.53. The number of carboxylic acids is 1. The lowest BCUT2D eigenvalue weighted by atomic mass is 9.97. The van der Waals surface area contributed by atoms with Crippen molar-refractivity contribution in [3.05, 3.63) is 65.2 Å².